The van der Waals surface area contributed by atoms with Gasteiger partial charge in [-0.3, -0.25) is 0 Å². The van der Waals surface area contributed by atoms with E-state index < -0.39 is 7.26 Å². The zero-order valence-electron chi connectivity index (χ0n) is 19.2. The predicted molar refractivity (Wildman–Crippen MR) is 156 cm³/mol. The zero-order valence-corrected chi connectivity index (χ0v) is 22.4. The van der Waals surface area contributed by atoms with Gasteiger partial charge in [-0.25, -0.2) is 0 Å². The smallest absolute Gasteiger partial charge is 0.262 e. The Morgan fingerprint density at radius 2 is 0.971 bits per heavy atom. The predicted octanol–water partition coefficient (Wildman–Crippen LogP) is 5.65. The number of nitrogens with zero attached hydrogens (tertiary/aromatic N) is 2. The van der Waals surface area contributed by atoms with Crippen LogP contribution >= 0.6 is 31.2 Å². The van der Waals surface area contributed by atoms with Crippen molar-refractivity contribution in [2.75, 3.05) is 19.0 Å². The van der Waals surface area contributed by atoms with Crippen LogP contribution in [-0.2, 0) is 0 Å². The second kappa shape index (κ2) is 10.5. The molecule has 170 valence electrons. The summed E-state index contributed by atoms with van der Waals surface area (Å²) in [6.45, 7) is 0. The average molecular weight is 577 g/mol. The summed E-state index contributed by atoms with van der Waals surface area (Å²) in [6, 6.07) is 42.4. The minimum atomic E-state index is -2.34. The van der Waals surface area contributed by atoms with Crippen molar-refractivity contribution in [2.24, 2.45) is 0 Å². The lowest BCUT2D eigenvalue weighted by molar-refractivity contribution is 0.573. The molecule has 0 N–H and O–H groups in total. The minimum absolute atomic E-state index is 0. The topological polar surface area (TPSA) is 29.3 Å². The van der Waals surface area contributed by atoms with Crippen molar-refractivity contribution in [1.82, 2.24) is 4.98 Å². The highest BCUT2D eigenvalue weighted by atomic mass is 127. The van der Waals surface area contributed by atoms with E-state index in [0.29, 0.717) is 5.89 Å². The molecule has 0 aliphatic heterocycles. The minimum Gasteiger partial charge on any atom is -0.416 e. The Balaban J connectivity index is 0.00000274. The summed E-state index contributed by atoms with van der Waals surface area (Å²) in [5.41, 5.74) is 1.95. The van der Waals surface area contributed by atoms with E-state index in [9.17, 15) is 0 Å². The number of rotatable bonds is 6. The van der Waals surface area contributed by atoms with E-state index in [4.69, 9.17) is 9.40 Å². The molecule has 0 fully saturated rings. The van der Waals surface area contributed by atoms with Crippen LogP contribution in [-0.4, -0.2) is 19.1 Å². The number of anilines is 1. The third kappa shape index (κ3) is 4.28. The highest BCUT2D eigenvalue weighted by Crippen LogP contribution is 2.56. The zero-order chi connectivity index (χ0) is 22.7. The highest BCUT2D eigenvalue weighted by molar-refractivity contribution is 14.0. The third-order valence-electron chi connectivity index (χ3n) is 5.77. The van der Waals surface area contributed by atoms with Crippen LogP contribution in [0.2, 0.25) is 0 Å². The van der Waals surface area contributed by atoms with Crippen LogP contribution in [0.25, 0.3) is 11.5 Å². The number of aromatic nitrogens is 1. The molecule has 0 aliphatic carbocycles. The first-order chi connectivity index (χ1) is 16.2. The number of halogens is 1. The van der Waals surface area contributed by atoms with E-state index in [1.165, 1.54) is 15.9 Å². The van der Waals surface area contributed by atoms with Gasteiger partial charge in [0.15, 0.2) is 7.26 Å². The van der Waals surface area contributed by atoms with Gasteiger partial charge in [-0.05, 0) is 48.5 Å². The Hall–Kier alpha value is -2.95. The number of hydrogen-bond donors (Lipinski definition) is 0. The molecule has 3 nitrogen and oxygen atoms in total. The van der Waals surface area contributed by atoms with Crippen molar-refractivity contribution in [1.29, 1.82) is 0 Å². The molecule has 0 saturated carbocycles. The summed E-state index contributed by atoms with van der Waals surface area (Å²) in [4.78, 5) is 7.28. The van der Waals surface area contributed by atoms with Crippen molar-refractivity contribution >= 4 is 58.5 Å². The molecule has 0 unspecified atom stereocenters. The standard InChI is InChI=1S/C29H26N2OP.HI/c1-31(2)29-28(30-27(32-29)23-15-7-3-8-16-23)33(24-17-9-4-10-18-24,25-19-11-5-12-20-25)26-21-13-6-14-22-26;/h3-22H,1-2H3;1H/q+1;. The summed E-state index contributed by atoms with van der Waals surface area (Å²) >= 11 is 0. The van der Waals surface area contributed by atoms with Gasteiger partial charge in [0.25, 0.3) is 11.3 Å². The second-order valence-electron chi connectivity index (χ2n) is 8.09. The van der Waals surface area contributed by atoms with Crippen molar-refractivity contribution in [3.63, 3.8) is 0 Å². The van der Waals surface area contributed by atoms with Crippen molar-refractivity contribution in [3.8, 4) is 11.5 Å². The van der Waals surface area contributed by atoms with Crippen molar-refractivity contribution in [2.45, 2.75) is 0 Å². The second-order valence-corrected chi connectivity index (χ2v) is 11.4. The number of benzene rings is 4. The van der Waals surface area contributed by atoms with Crippen LogP contribution in [0.1, 0.15) is 0 Å². The first-order valence-corrected chi connectivity index (χ1v) is 12.8. The first-order valence-electron chi connectivity index (χ1n) is 11.0. The van der Waals surface area contributed by atoms with Gasteiger partial charge in [0.2, 0.25) is 5.89 Å². The first kappa shape index (κ1) is 24.2. The van der Waals surface area contributed by atoms with E-state index in [2.05, 4.69) is 91.0 Å². The molecule has 0 atom stereocenters. The molecule has 5 rings (SSSR count). The van der Waals surface area contributed by atoms with E-state index in [-0.39, 0.29) is 24.0 Å². The van der Waals surface area contributed by atoms with E-state index in [0.717, 1.165) is 16.9 Å². The Morgan fingerprint density at radius 3 is 1.35 bits per heavy atom. The average Bonchev–Trinajstić information content (AvgIpc) is 3.33. The highest BCUT2D eigenvalue weighted by Gasteiger charge is 2.53. The Bertz CT molecular complexity index is 1230. The van der Waals surface area contributed by atoms with Crippen LogP contribution in [0.4, 0.5) is 5.88 Å². The maximum Gasteiger partial charge on any atom is 0.262 e. The Morgan fingerprint density at radius 1 is 0.588 bits per heavy atom. The van der Waals surface area contributed by atoms with E-state index >= 15 is 0 Å². The molecule has 5 heteroatoms. The summed E-state index contributed by atoms with van der Waals surface area (Å²) in [7, 11) is 1.70. The monoisotopic (exact) mass is 577 g/mol. The number of hydrogen-bond acceptors (Lipinski definition) is 3. The molecule has 0 radical (unpaired) electrons. The molecule has 1 aromatic heterocycles. The molecule has 0 amide bonds. The van der Waals surface area contributed by atoms with Gasteiger partial charge < -0.3 is 9.32 Å². The fraction of sp³-hybridized carbons (Fsp3) is 0.0690. The Kier molecular flexibility index (Phi) is 7.50. The van der Waals surface area contributed by atoms with E-state index in [1.54, 1.807) is 0 Å². The Labute approximate surface area is 218 Å². The van der Waals surface area contributed by atoms with Crippen LogP contribution in [0, 0.1) is 0 Å². The summed E-state index contributed by atoms with van der Waals surface area (Å²) in [5.74, 6) is 1.43. The molecule has 1 heterocycles. The lowest BCUT2D eigenvalue weighted by atomic mass is 10.2. The van der Waals surface area contributed by atoms with Crippen LogP contribution in [0.3, 0.4) is 0 Å². The van der Waals surface area contributed by atoms with Gasteiger partial charge in [-0.2, -0.15) is 4.98 Å². The van der Waals surface area contributed by atoms with Crippen molar-refractivity contribution < 1.29 is 4.42 Å². The largest absolute Gasteiger partial charge is 0.416 e. The van der Waals surface area contributed by atoms with E-state index in [1.807, 2.05) is 49.3 Å². The summed E-state index contributed by atoms with van der Waals surface area (Å²) in [5, 5.41) is 3.75. The number of oxazole rings is 1. The molecule has 4 aromatic carbocycles. The van der Waals surface area contributed by atoms with Gasteiger partial charge in [0.1, 0.15) is 15.9 Å². The van der Waals surface area contributed by atoms with Gasteiger partial charge in [-0.15, -0.1) is 24.0 Å². The lowest BCUT2D eigenvalue weighted by Gasteiger charge is -2.26. The maximum atomic E-state index is 6.48. The quantitative estimate of drug-likeness (QED) is 0.193. The van der Waals surface area contributed by atoms with Gasteiger partial charge >= 0.3 is 0 Å². The molecule has 5 aromatic rings. The van der Waals surface area contributed by atoms with Gasteiger partial charge in [-0.1, -0.05) is 72.8 Å². The third-order valence-corrected chi connectivity index (χ3v) is 9.91. The van der Waals surface area contributed by atoms with Gasteiger partial charge in [0, 0.05) is 19.7 Å². The molecular formula is C29H27IN2OP+. The summed E-state index contributed by atoms with van der Waals surface area (Å²) < 4.78 is 6.48. The fourth-order valence-electron chi connectivity index (χ4n) is 4.29. The SMILES string of the molecule is CN(C)c1oc(-c2ccccc2)nc1[P+](c1ccccc1)(c1ccccc1)c1ccccc1.I. The van der Waals surface area contributed by atoms with Crippen LogP contribution in [0.5, 0.6) is 0 Å². The molecule has 0 saturated heterocycles. The molecular weight excluding hydrogens is 550 g/mol. The molecule has 34 heavy (non-hydrogen) atoms. The van der Waals surface area contributed by atoms with Crippen LogP contribution < -0.4 is 26.2 Å². The van der Waals surface area contributed by atoms with Crippen molar-refractivity contribution in [3.05, 3.63) is 121 Å². The van der Waals surface area contributed by atoms with Crippen LogP contribution in [0.15, 0.2) is 126 Å². The van der Waals surface area contributed by atoms with Gasteiger partial charge in [0.05, 0.1) is 0 Å². The summed E-state index contributed by atoms with van der Waals surface area (Å²) in [6.07, 6.45) is 0. The fourth-order valence-corrected chi connectivity index (χ4v) is 8.55. The lowest BCUT2D eigenvalue weighted by Crippen LogP contribution is -2.40. The molecule has 0 spiro atoms. The molecule has 0 bridgehead atoms. The normalized spacial score (nSPS) is 11.0. The maximum absolute atomic E-state index is 6.48. The molecule has 0 aliphatic rings.